The van der Waals surface area contributed by atoms with Crippen molar-refractivity contribution in [2.45, 2.75) is 31.2 Å². The summed E-state index contributed by atoms with van der Waals surface area (Å²) < 4.78 is 29.5. The number of fused-ring (bicyclic) bond motifs is 2. The number of amides is 1. The summed E-state index contributed by atoms with van der Waals surface area (Å²) in [6.07, 6.45) is 3.27. The Bertz CT molecular complexity index is 1780. The lowest BCUT2D eigenvalue weighted by Crippen LogP contribution is -2.35. The van der Waals surface area contributed by atoms with Crippen LogP contribution in [0.2, 0.25) is 5.02 Å². The average Bonchev–Trinajstić information content (AvgIpc) is 3.44. The predicted molar refractivity (Wildman–Crippen MR) is 160 cm³/mol. The highest BCUT2D eigenvalue weighted by Crippen LogP contribution is 2.37. The van der Waals surface area contributed by atoms with Gasteiger partial charge in [0, 0.05) is 18.3 Å². The van der Waals surface area contributed by atoms with Crippen LogP contribution in [0, 0.1) is 6.92 Å². The third-order valence-electron chi connectivity index (χ3n) is 6.97. The number of anilines is 2. The van der Waals surface area contributed by atoms with Gasteiger partial charge in [-0.25, -0.2) is 13.4 Å². The zero-order chi connectivity index (χ0) is 27.9. The first-order valence-corrected chi connectivity index (χ1v) is 15.4. The van der Waals surface area contributed by atoms with Gasteiger partial charge in [0.25, 0.3) is 15.9 Å². The Morgan fingerprint density at radius 1 is 1.02 bits per heavy atom. The molecule has 5 aromatic rings. The maximum absolute atomic E-state index is 13.9. The van der Waals surface area contributed by atoms with Crippen molar-refractivity contribution < 1.29 is 13.2 Å². The van der Waals surface area contributed by atoms with Gasteiger partial charge in [0.1, 0.15) is 0 Å². The second-order valence-corrected chi connectivity index (χ2v) is 12.8. The molecule has 7 nitrogen and oxygen atoms in total. The molecule has 1 aliphatic rings. The van der Waals surface area contributed by atoms with Crippen molar-refractivity contribution in [1.29, 1.82) is 0 Å². The lowest BCUT2D eigenvalue weighted by molar-refractivity contribution is 0.0984. The third kappa shape index (κ3) is 4.85. The van der Waals surface area contributed by atoms with Gasteiger partial charge < -0.3 is 0 Å². The standard InChI is InChI=1S/C30H25ClN4O3S2/c1-20-11-16-25(31)28-27(20)33-30(39-28)34(19-23-9-4-5-17-32-23)29(36)22-12-14-24(15-13-22)40(37,38)35-18-6-8-21-7-2-3-10-26(21)35/h2-5,7,9-17H,6,8,18-19H2,1H3. The molecule has 3 aromatic carbocycles. The van der Waals surface area contributed by atoms with Gasteiger partial charge in [0.05, 0.1) is 38.1 Å². The number of halogens is 1. The summed E-state index contributed by atoms with van der Waals surface area (Å²) in [4.78, 5) is 24.8. The third-order valence-corrected chi connectivity index (χ3v) is 10.3. The van der Waals surface area contributed by atoms with E-state index in [-0.39, 0.29) is 17.3 Å². The molecule has 40 heavy (non-hydrogen) atoms. The Balaban J connectivity index is 1.35. The lowest BCUT2D eigenvalue weighted by Gasteiger charge is -2.30. The molecule has 0 saturated carbocycles. The van der Waals surface area contributed by atoms with Gasteiger partial charge >= 0.3 is 0 Å². The Morgan fingerprint density at radius 3 is 2.55 bits per heavy atom. The van der Waals surface area contributed by atoms with Crippen LogP contribution in [0.15, 0.2) is 90.0 Å². The number of hydrogen-bond acceptors (Lipinski definition) is 6. The van der Waals surface area contributed by atoms with Crippen molar-refractivity contribution >= 4 is 59.9 Å². The van der Waals surface area contributed by atoms with E-state index >= 15 is 0 Å². The number of hydrogen-bond donors (Lipinski definition) is 0. The molecule has 0 N–H and O–H groups in total. The molecule has 3 heterocycles. The molecule has 0 unspecified atom stereocenters. The molecular formula is C30H25ClN4O3S2. The summed E-state index contributed by atoms with van der Waals surface area (Å²) in [5, 5.41) is 1.06. The van der Waals surface area contributed by atoms with Gasteiger partial charge in [-0.15, -0.1) is 0 Å². The summed E-state index contributed by atoms with van der Waals surface area (Å²) in [5.74, 6) is -0.314. The van der Waals surface area contributed by atoms with Crippen molar-refractivity contribution in [2.24, 2.45) is 0 Å². The molecule has 6 rings (SSSR count). The van der Waals surface area contributed by atoms with E-state index in [1.807, 2.05) is 61.5 Å². The Kier molecular flexibility index (Phi) is 7.04. The molecule has 0 saturated heterocycles. The van der Waals surface area contributed by atoms with Gasteiger partial charge in [-0.3, -0.25) is 19.0 Å². The van der Waals surface area contributed by atoms with E-state index in [1.165, 1.54) is 27.8 Å². The molecule has 0 spiro atoms. The van der Waals surface area contributed by atoms with Gasteiger partial charge in [-0.2, -0.15) is 0 Å². The Labute approximate surface area is 241 Å². The number of carbonyl (C=O) groups is 1. The number of aromatic nitrogens is 2. The van der Waals surface area contributed by atoms with Crippen LogP contribution in [-0.2, 0) is 23.0 Å². The first kappa shape index (κ1) is 26.4. The molecule has 0 radical (unpaired) electrons. The van der Waals surface area contributed by atoms with Crippen LogP contribution in [0.1, 0.15) is 33.6 Å². The van der Waals surface area contributed by atoms with E-state index < -0.39 is 10.0 Å². The van der Waals surface area contributed by atoms with Gasteiger partial charge in [-0.05, 0) is 79.4 Å². The molecule has 0 bridgehead atoms. The molecular weight excluding hydrogens is 564 g/mol. The van der Waals surface area contributed by atoms with E-state index in [0.29, 0.717) is 33.6 Å². The average molecular weight is 589 g/mol. The van der Waals surface area contributed by atoms with E-state index in [2.05, 4.69) is 4.98 Å². The number of carbonyl (C=O) groups excluding carboxylic acids is 1. The molecule has 0 atom stereocenters. The largest absolute Gasteiger partial charge is 0.278 e. The predicted octanol–water partition coefficient (Wildman–Crippen LogP) is 6.64. The monoisotopic (exact) mass is 588 g/mol. The second kappa shape index (κ2) is 10.6. The van der Waals surface area contributed by atoms with Crippen molar-refractivity contribution in [3.8, 4) is 0 Å². The maximum Gasteiger partial charge on any atom is 0.264 e. The lowest BCUT2D eigenvalue weighted by atomic mass is 10.0. The molecule has 1 amide bonds. The molecule has 0 fully saturated rings. The highest BCUT2D eigenvalue weighted by atomic mass is 35.5. The number of sulfonamides is 1. The van der Waals surface area contributed by atoms with Gasteiger partial charge in [0.2, 0.25) is 0 Å². The molecule has 202 valence electrons. The smallest absolute Gasteiger partial charge is 0.264 e. The number of rotatable bonds is 6. The minimum Gasteiger partial charge on any atom is -0.278 e. The number of thiazole rings is 1. The molecule has 10 heteroatoms. The minimum atomic E-state index is -3.79. The highest BCUT2D eigenvalue weighted by Gasteiger charge is 2.30. The SMILES string of the molecule is Cc1ccc(Cl)c2sc(N(Cc3ccccn3)C(=O)c3ccc(S(=O)(=O)N4CCCc5ccccc54)cc3)nc12. The van der Waals surface area contributed by atoms with E-state index in [9.17, 15) is 13.2 Å². The topological polar surface area (TPSA) is 83.5 Å². The fourth-order valence-electron chi connectivity index (χ4n) is 4.89. The highest BCUT2D eigenvalue weighted by molar-refractivity contribution is 7.92. The zero-order valence-electron chi connectivity index (χ0n) is 21.6. The van der Waals surface area contributed by atoms with Crippen LogP contribution in [0.3, 0.4) is 0 Å². The fourth-order valence-corrected chi connectivity index (χ4v) is 7.74. The van der Waals surface area contributed by atoms with Crippen LogP contribution < -0.4 is 9.21 Å². The van der Waals surface area contributed by atoms with Crippen molar-refractivity contribution in [3.63, 3.8) is 0 Å². The van der Waals surface area contributed by atoms with Crippen LogP contribution in [0.5, 0.6) is 0 Å². The second-order valence-electron chi connectivity index (χ2n) is 9.58. The van der Waals surface area contributed by atoms with Crippen molar-refractivity contribution in [3.05, 3.63) is 112 Å². The number of para-hydroxylation sites is 1. The summed E-state index contributed by atoms with van der Waals surface area (Å²) >= 11 is 7.79. The summed E-state index contributed by atoms with van der Waals surface area (Å²) in [6, 6.07) is 22.9. The van der Waals surface area contributed by atoms with E-state index in [4.69, 9.17) is 16.6 Å². The molecule has 2 aromatic heterocycles. The number of pyridine rings is 1. The zero-order valence-corrected chi connectivity index (χ0v) is 24.0. The van der Waals surface area contributed by atoms with E-state index in [1.54, 1.807) is 23.2 Å². The first-order valence-electron chi connectivity index (χ1n) is 12.8. The molecule has 1 aliphatic heterocycles. The Hall–Kier alpha value is -3.79. The van der Waals surface area contributed by atoms with Crippen LogP contribution in [0.4, 0.5) is 10.8 Å². The number of nitrogens with zero attached hydrogens (tertiary/aromatic N) is 4. The Morgan fingerprint density at radius 2 is 1.80 bits per heavy atom. The van der Waals surface area contributed by atoms with Crippen LogP contribution in [-0.4, -0.2) is 30.8 Å². The van der Waals surface area contributed by atoms with Gasteiger partial charge in [0.15, 0.2) is 5.13 Å². The van der Waals surface area contributed by atoms with Crippen molar-refractivity contribution in [1.82, 2.24) is 9.97 Å². The van der Waals surface area contributed by atoms with Crippen LogP contribution >= 0.6 is 22.9 Å². The first-order chi connectivity index (χ1) is 19.3. The fraction of sp³-hybridized carbons (Fsp3) is 0.167. The summed E-state index contributed by atoms with van der Waals surface area (Å²) in [7, 11) is -3.79. The molecule has 0 aliphatic carbocycles. The number of benzene rings is 3. The quantitative estimate of drug-likeness (QED) is 0.222. The maximum atomic E-state index is 13.9. The normalized spacial score (nSPS) is 13.3. The van der Waals surface area contributed by atoms with Crippen LogP contribution in [0.25, 0.3) is 10.2 Å². The summed E-state index contributed by atoms with van der Waals surface area (Å²) in [5.41, 5.74) is 4.47. The van der Waals surface area contributed by atoms with Crippen molar-refractivity contribution in [2.75, 3.05) is 15.7 Å². The van der Waals surface area contributed by atoms with E-state index in [0.717, 1.165) is 34.2 Å². The van der Waals surface area contributed by atoms with Gasteiger partial charge in [-0.1, -0.05) is 53.3 Å². The number of aryl methyl sites for hydroxylation is 2. The minimum absolute atomic E-state index is 0.138. The summed E-state index contributed by atoms with van der Waals surface area (Å²) in [6.45, 7) is 2.56.